The van der Waals surface area contributed by atoms with E-state index in [-0.39, 0.29) is 24.6 Å². The molecular formula is C14H23N3O2. The first-order valence-corrected chi connectivity index (χ1v) is 6.60. The monoisotopic (exact) mass is 265 g/mol. The van der Waals surface area contributed by atoms with Gasteiger partial charge < -0.3 is 21.5 Å². The van der Waals surface area contributed by atoms with Crippen molar-refractivity contribution in [2.75, 3.05) is 18.5 Å². The van der Waals surface area contributed by atoms with Gasteiger partial charge in [-0.05, 0) is 38.4 Å². The number of carbonyl (C=O) groups is 1. The number of rotatable bonds is 8. The molecule has 5 N–H and O–H groups in total. The van der Waals surface area contributed by atoms with Crippen LogP contribution in [0.3, 0.4) is 0 Å². The molecule has 0 aliphatic carbocycles. The highest BCUT2D eigenvalue weighted by Crippen LogP contribution is 2.07. The molecule has 1 amide bonds. The van der Waals surface area contributed by atoms with Gasteiger partial charge >= 0.3 is 0 Å². The molecule has 19 heavy (non-hydrogen) atoms. The minimum Gasteiger partial charge on any atom is -0.394 e. The second-order valence-corrected chi connectivity index (χ2v) is 4.55. The Labute approximate surface area is 114 Å². The lowest BCUT2D eigenvalue weighted by Crippen LogP contribution is -2.45. The first-order chi connectivity index (χ1) is 9.17. The predicted molar refractivity (Wildman–Crippen MR) is 76.8 cm³/mol. The molecule has 1 aromatic rings. The van der Waals surface area contributed by atoms with Crippen LogP contribution in [0.1, 0.15) is 19.8 Å². The zero-order valence-corrected chi connectivity index (χ0v) is 11.3. The van der Waals surface area contributed by atoms with Crippen LogP contribution in [0.15, 0.2) is 30.3 Å². The van der Waals surface area contributed by atoms with Gasteiger partial charge in [0.15, 0.2) is 0 Å². The summed E-state index contributed by atoms with van der Waals surface area (Å²) < 4.78 is 0. The number of aliphatic hydroxyl groups excluding tert-OH is 1. The zero-order chi connectivity index (χ0) is 14.1. The van der Waals surface area contributed by atoms with Gasteiger partial charge in [0.05, 0.1) is 12.6 Å². The number of hydrogen-bond acceptors (Lipinski definition) is 4. The predicted octanol–water partition coefficient (Wildman–Crippen LogP) is 0.703. The molecule has 0 bridgehead atoms. The topological polar surface area (TPSA) is 87.4 Å². The fraction of sp³-hybridized carbons (Fsp3) is 0.500. The minimum absolute atomic E-state index is 0.0657. The molecule has 106 valence electrons. The molecule has 2 unspecified atom stereocenters. The maximum absolute atomic E-state index is 12.0. The van der Waals surface area contributed by atoms with Gasteiger partial charge in [-0.25, -0.2) is 0 Å². The second kappa shape index (κ2) is 8.50. The van der Waals surface area contributed by atoms with Gasteiger partial charge in [-0.2, -0.15) is 0 Å². The van der Waals surface area contributed by atoms with Crippen LogP contribution in [0.25, 0.3) is 0 Å². The number of anilines is 1. The molecule has 0 saturated heterocycles. The number of hydrogen-bond donors (Lipinski definition) is 4. The average molecular weight is 265 g/mol. The van der Waals surface area contributed by atoms with Gasteiger partial charge in [-0.1, -0.05) is 18.2 Å². The standard InChI is InChI=1S/C14H23N3O2/c1-11(16-12-6-3-2-4-7-12)14(19)17-13(10-18)8-5-9-15/h2-4,6-7,11,13,16,18H,5,8-10,15H2,1H3,(H,17,19). The Hall–Kier alpha value is -1.59. The number of nitrogens with two attached hydrogens (primary N) is 1. The Bertz CT molecular complexity index is 370. The van der Waals surface area contributed by atoms with Crippen molar-refractivity contribution in [3.05, 3.63) is 30.3 Å². The Balaban J connectivity index is 2.43. The van der Waals surface area contributed by atoms with E-state index < -0.39 is 0 Å². The summed E-state index contributed by atoms with van der Waals surface area (Å²) in [6.45, 7) is 2.29. The minimum atomic E-state index is -0.352. The van der Waals surface area contributed by atoms with E-state index in [0.717, 1.165) is 12.1 Å². The fourth-order valence-electron chi connectivity index (χ4n) is 1.75. The van der Waals surface area contributed by atoms with Crippen molar-refractivity contribution in [1.29, 1.82) is 0 Å². The first-order valence-electron chi connectivity index (χ1n) is 6.60. The average Bonchev–Trinajstić information content (AvgIpc) is 2.44. The number of para-hydroxylation sites is 1. The van der Waals surface area contributed by atoms with Gasteiger partial charge in [0.25, 0.3) is 0 Å². The summed E-state index contributed by atoms with van der Waals surface area (Å²) in [4.78, 5) is 12.0. The summed E-state index contributed by atoms with van der Waals surface area (Å²) in [6.07, 6.45) is 1.47. The van der Waals surface area contributed by atoms with Crippen LogP contribution in [-0.4, -0.2) is 36.2 Å². The van der Waals surface area contributed by atoms with Crippen LogP contribution in [0, 0.1) is 0 Å². The number of aliphatic hydroxyl groups is 1. The smallest absolute Gasteiger partial charge is 0.242 e. The molecule has 0 aromatic heterocycles. The molecule has 0 spiro atoms. The van der Waals surface area contributed by atoms with E-state index in [1.807, 2.05) is 30.3 Å². The second-order valence-electron chi connectivity index (χ2n) is 4.55. The van der Waals surface area contributed by atoms with Crippen molar-refractivity contribution in [2.24, 2.45) is 5.73 Å². The van der Waals surface area contributed by atoms with Crippen LogP contribution in [-0.2, 0) is 4.79 Å². The lowest BCUT2D eigenvalue weighted by Gasteiger charge is -2.20. The normalized spacial score (nSPS) is 13.6. The van der Waals surface area contributed by atoms with Crippen LogP contribution in [0.5, 0.6) is 0 Å². The maximum atomic E-state index is 12.0. The Kier molecular flexibility index (Phi) is 6.92. The van der Waals surface area contributed by atoms with Gasteiger partial charge in [0, 0.05) is 5.69 Å². The SMILES string of the molecule is CC(Nc1ccccc1)C(=O)NC(CO)CCCN. The van der Waals surface area contributed by atoms with E-state index in [0.29, 0.717) is 13.0 Å². The highest BCUT2D eigenvalue weighted by atomic mass is 16.3. The maximum Gasteiger partial charge on any atom is 0.242 e. The van der Waals surface area contributed by atoms with E-state index in [9.17, 15) is 9.90 Å². The summed E-state index contributed by atoms with van der Waals surface area (Å²) in [5, 5.41) is 15.1. The quantitative estimate of drug-likeness (QED) is 0.557. The number of benzene rings is 1. The van der Waals surface area contributed by atoms with E-state index in [1.165, 1.54) is 0 Å². The van der Waals surface area contributed by atoms with Gasteiger partial charge in [-0.3, -0.25) is 4.79 Å². The molecule has 0 heterocycles. The van der Waals surface area contributed by atoms with E-state index in [2.05, 4.69) is 10.6 Å². The highest BCUT2D eigenvalue weighted by Gasteiger charge is 2.16. The third-order valence-corrected chi connectivity index (χ3v) is 2.87. The Morgan fingerprint density at radius 1 is 1.37 bits per heavy atom. The van der Waals surface area contributed by atoms with Crippen molar-refractivity contribution in [1.82, 2.24) is 5.32 Å². The van der Waals surface area contributed by atoms with Gasteiger partial charge in [-0.15, -0.1) is 0 Å². The van der Waals surface area contributed by atoms with Crippen molar-refractivity contribution in [3.63, 3.8) is 0 Å². The van der Waals surface area contributed by atoms with Crippen molar-refractivity contribution >= 4 is 11.6 Å². The molecule has 5 heteroatoms. The molecule has 1 aromatic carbocycles. The lowest BCUT2D eigenvalue weighted by atomic mass is 10.1. The molecule has 0 aliphatic rings. The molecule has 5 nitrogen and oxygen atoms in total. The van der Waals surface area contributed by atoms with Crippen LogP contribution < -0.4 is 16.4 Å². The van der Waals surface area contributed by atoms with Crippen LogP contribution in [0.4, 0.5) is 5.69 Å². The van der Waals surface area contributed by atoms with Crippen LogP contribution in [0.2, 0.25) is 0 Å². The third-order valence-electron chi connectivity index (χ3n) is 2.87. The number of carbonyl (C=O) groups excluding carboxylic acids is 1. The fourth-order valence-corrected chi connectivity index (χ4v) is 1.75. The summed E-state index contributed by atoms with van der Waals surface area (Å²) in [5.41, 5.74) is 6.31. The number of amides is 1. The zero-order valence-electron chi connectivity index (χ0n) is 11.3. The third kappa shape index (κ3) is 5.72. The largest absolute Gasteiger partial charge is 0.394 e. The van der Waals surface area contributed by atoms with E-state index in [1.54, 1.807) is 6.92 Å². The molecule has 2 atom stereocenters. The number of nitrogens with one attached hydrogen (secondary N) is 2. The first kappa shape index (κ1) is 15.5. The molecule has 1 rings (SSSR count). The van der Waals surface area contributed by atoms with Crippen molar-refractivity contribution < 1.29 is 9.90 Å². The molecule has 0 saturated carbocycles. The summed E-state index contributed by atoms with van der Waals surface area (Å²) in [6, 6.07) is 8.97. The summed E-state index contributed by atoms with van der Waals surface area (Å²) >= 11 is 0. The van der Waals surface area contributed by atoms with E-state index >= 15 is 0 Å². The highest BCUT2D eigenvalue weighted by molar-refractivity contribution is 5.84. The molecule has 0 aliphatic heterocycles. The Morgan fingerprint density at radius 3 is 2.63 bits per heavy atom. The summed E-state index contributed by atoms with van der Waals surface area (Å²) in [7, 11) is 0. The molecule has 0 radical (unpaired) electrons. The van der Waals surface area contributed by atoms with Crippen molar-refractivity contribution in [2.45, 2.75) is 31.8 Å². The van der Waals surface area contributed by atoms with Gasteiger partial charge in [0.1, 0.15) is 6.04 Å². The molecular weight excluding hydrogens is 242 g/mol. The summed E-state index contributed by atoms with van der Waals surface area (Å²) in [5.74, 6) is -0.125. The Morgan fingerprint density at radius 2 is 2.05 bits per heavy atom. The van der Waals surface area contributed by atoms with Crippen molar-refractivity contribution in [3.8, 4) is 0 Å². The lowest BCUT2D eigenvalue weighted by molar-refractivity contribution is -0.122. The van der Waals surface area contributed by atoms with Crippen LogP contribution >= 0.6 is 0 Å². The van der Waals surface area contributed by atoms with E-state index in [4.69, 9.17) is 5.73 Å². The molecule has 0 fully saturated rings. The van der Waals surface area contributed by atoms with Gasteiger partial charge in [0.2, 0.25) is 5.91 Å².